The van der Waals surface area contributed by atoms with Gasteiger partial charge in [-0.2, -0.15) is 0 Å². The minimum absolute atomic E-state index is 0.760. The topological polar surface area (TPSA) is 15.3 Å². The fourth-order valence-electron chi connectivity index (χ4n) is 3.27. The zero-order valence-electron chi connectivity index (χ0n) is 14.0. The molecule has 120 valence electrons. The Balaban J connectivity index is 1.89. The Morgan fingerprint density at radius 1 is 1.24 bits per heavy atom. The first-order chi connectivity index (χ1) is 10.2. The molecule has 1 aromatic rings. The summed E-state index contributed by atoms with van der Waals surface area (Å²) in [5, 5.41) is 3.50. The second kappa shape index (κ2) is 8.92. The molecule has 0 aromatic carbocycles. The van der Waals surface area contributed by atoms with E-state index in [1.807, 2.05) is 11.3 Å². The molecule has 1 aliphatic rings. The predicted octanol–water partition coefficient (Wildman–Crippen LogP) is 4.65. The third-order valence-electron chi connectivity index (χ3n) is 4.24. The van der Waals surface area contributed by atoms with Gasteiger partial charge in [0.05, 0.1) is 0 Å². The summed E-state index contributed by atoms with van der Waals surface area (Å²) in [4.78, 5) is 5.76. The van der Waals surface area contributed by atoms with Crippen molar-refractivity contribution in [2.24, 2.45) is 5.92 Å². The average Bonchev–Trinajstić information content (AvgIpc) is 3.09. The monoisotopic (exact) mass is 308 g/mol. The molecule has 0 radical (unpaired) electrons. The highest BCUT2D eigenvalue weighted by molar-refractivity contribution is 7.11. The van der Waals surface area contributed by atoms with E-state index in [2.05, 4.69) is 43.1 Å². The van der Waals surface area contributed by atoms with Crippen molar-refractivity contribution in [3.8, 4) is 0 Å². The van der Waals surface area contributed by atoms with Crippen LogP contribution in [0, 0.1) is 5.92 Å². The summed E-state index contributed by atoms with van der Waals surface area (Å²) in [7, 11) is 0. The number of nitrogens with one attached hydrogen (secondary N) is 1. The molecule has 1 heterocycles. The van der Waals surface area contributed by atoms with Crippen LogP contribution in [0.1, 0.15) is 62.6 Å². The Morgan fingerprint density at radius 3 is 2.62 bits per heavy atom. The lowest BCUT2D eigenvalue weighted by Gasteiger charge is -2.30. The third kappa shape index (κ3) is 5.72. The summed E-state index contributed by atoms with van der Waals surface area (Å²) >= 11 is 1.99. The van der Waals surface area contributed by atoms with Gasteiger partial charge in [0, 0.05) is 35.4 Å². The van der Waals surface area contributed by atoms with Crippen LogP contribution >= 0.6 is 11.3 Å². The molecule has 1 aromatic heterocycles. The second-order valence-electron chi connectivity index (χ2n) is 6.81. The van der Waals surface area contributed by atoms with E-state index < -0.39 is 0 Å². The van der Waals surface area contributed by atoms with Crippen molar-refractivity contribution < 1.29 is 0 Å². The van der Waals surface area contributed by atoms with E-state index in [9.17, 15) is 0 Å². The Kier molecular flexibility index (Phi) is 7.21. The van der Waals surface area contributed by atoms with E-state index in [1.165, 1.54) is 48.4 Å². The molecular weight excluding hydrogens is 276 g/mol. The van der Waals surface area contributed by atoms with Crippen LogP contribution in [-0.4, -0.2) is 24.0 Å². The first-order valence-corrected chi connectivity index (χ1v) is 9.53. The molecule has 1 saturated carbocycles. The van der Waals surface area contributed by atoms with E-state index in [4.69, 9.17) is 0 Å². The summed E-state index contributed by atoms with van der Waals surface area (Å²) < 4.78 is 0. The van der Waals surface area contributed by atoms with Crippen molar-refractivity contribution in [2.75, 3.05) is 13.1 Å². The number of rotatable bonds is 9. The molecule has 1 N–H and O–H groups in total. The lowest BCUT2D eigenvalue weighted by molar-refractivity contribution is 0.170. The van der Waals surface area contributed by atoms with Gasteiger partial charge >= 0.3 is 0 Å². The molecular formula is C18H32N2S. The molecule has 21 heavy (non-hydrogen) atoms. The van der Waals surface area contributed by atoms with Crippen LogP contribution in [0.5, 0.6) is 0 Å². The molecule has 0 saturated heterocycles. The Labute approximate surface area is 134 Å². The van der Waals surface area contributed by atoms with Crippen LogP contribution in [0.3, 0.4) is 0 Å². The minimum Gasteiger partial charge on any atom is -0.312 e. The van der Waals surface area contributed by atoms with E-state index in [0.717, 1.165) is 31.6 Å². The molecule has 3 heteroatoms. The van der Waals surface area contributed by atoms with Crippen molar-refractivity contribution in [3.05, 3.63) is 21.9 Å². The first kappa shape index (κ1) is 17.0. The lowest BCUT2D eigenvalue weighted by Crippen LogP contribution is -2.35. The van der Waals surface area contributed by atoms with Gasteiger partial charge in [-0.05, 0) is 43.9 Å². The van der Waals surface area contributed by atoms with E-state index in [1.54, 1.807) is 0 Å². The molecule has 2 nitrogen and oxygen atoms in total. The highest BCUT2D eigenvalue weighted by Gasteiger charge is 2.23. The molecule has 0 bridgehead atoms. The van der Waals surface area contributed by atoms with Crippen molar-refractivity contribution in [1.29, 1.82) is 0 Å². The van der Waals surface area contributed by atoms with Crippen LogP contribution in [0.2, 0.25) is 0 Å². The Morgan fingerprint density at radius 2 is 1.95 bits per heavy atom. The van der Waals surface area contributed by atoms with Gasteiger partial charge in [0.2, 0.25) is 0 Å². The molecule has 1 fully saturated rings. The summed E-state index contributed by atoms with van der Waals surface area (Å²) in [6.07, 6.45) is 6.87. The van der Waals surface area contributed by atoms with Crippen LogP contribution in [0.25, 0.3) is 0 Å². The number of nitrogens with zero attached hydrogens (tertiary/aromatic N) is 1. The highest BCUT2D eigenvalue weighted by Crippen LogP contribution is 2.27. The van der Waals surface area contributed by atoms with Crippen LogP contribution in [0.15, 0.2) is 12.1 Å². The van der Waals surface area contributed by atoms with Gasteiger partial charge in [-0.15, -0.1) is 11.3 Å². The maximum atomic E-state index is 3.50. The zero-order valence-corrected chi connectivity index (χ0v) is 14.8. The van der Waals surface area contributed by atoms with Crippen LogP contribution in [-0.2, 0) is 13.1 Å². The fraction of sp³-hybridized carbons (Fsp3) is 0.778. The standard InChI is InChI=1S/C18H32N2S/c1-4-11-19-12-17-9-10-18(21-17)14-20(13-15(2)3)16-7-5-6-8-16/h9-10,15-16,19H,4-8,11-14H2,1-3H3. The summed E-state index contributed by atoms with van der Waals surface area (Å²) in [6.45, 7) is 11.5. The van der Waals surface area contributed by atoms with E-state index in [0.29, 0.717) is 0 Å². The van der Waals surface area contributed by atoms with E-state index in [-0.39, 0.29) is 0 Å². The maximum Gasteiger partial charge on any atom is 0.0331 e. The van der Waals surface area contributed by atoms with Crippen LogP contribution in [0.4, 0.5) is 0 Å². The SMILES string of the molecule is CCCNCc1ccc(CN(CC(C)C)C2CCCC2)s1. The summed E-state index contributed by atoms with van der Waals surface area (Å²) in [5.74, 6) is 0.760. The molecule has 0 atom stereocenters. The molecule has 0 aliphatic heterocycles. The Bertz CT molecular complexity index is 394. The van der Waals surface area contributed by atoms with Crippen molar-refractivity contribution in [3.63, 3.8) is 0 Å². The quantitative estimate of drug-likeness (QED) is 0.668. The van der Waals surface area contributed by atoms with Gasteiger partial charge in [-0.25, -0.2) is 0 Å². The summed E-state index contributed by atoms with van der Waals surface area (Å²) in [5.41, 5.74) is 0. The van der Waals surface area contributed by atoms with Gasteiger partial charge in [0.25, 0.3) is 0 Å². The van der Waals surface area contributed by atoms with Gasteiger partial charge in [-0.3, -0.25) is 4.90 Å². The molecule has 0 unspecified atom stereocenters. The van der Waals surface area contributed by atoms with E-state index >= 15 is 0 Å². The maximum absolute atomic E-state index is 3.50. The van der Waals surface area contributed by atoms with Gasteiger partial charge in [-0.1, -0.05) is 33.6 Å². The third-order valence-corrected chi connectivity index (χ3v) is 5.31. The predicted molar refractivity (Wildman–Crippen MR) is 93.8 cm³/mol. The molecule has 0 spiro atoms. The van der Waals surface area contributed by atoms with Gasteiger partial charge in [0.15, 0.2) is 0 Å². The van der Waals surface area contributed by atoms with Crippen molar-refractivity contribution >= 4 is 11.3 Å². The number of hydrogen-bond donors (Lipinski definition) is 1. The summed E-state index contributed by atoms with van der Waals surface area (Å²) in [6, 6.07) is 5.48. The molecule has 2 rings (SSSR count). The highest BCUT2D eigenvalue weighted by atomic mass is 32.1. The van der Waals surface area contributed by atoms with Crippen molar-refractivity contribution in [1.82, 2.24) is 10.2 Å². The number of hydrogen-bond acceptors (Lipinski definition) is 3. The average molecular weight is 309 g/mol. The normalized spacial score (nSPS) is 16.4. The smallest absolute Gasteiger partial charge is 0.0331 e. The van der Waals surface area contributed by atoms with Gasteiger partial charge < -0.3 is 5.32 Å². The molecule has 1 aliphatic carbocycles. The molecule has 0 amide bonds. The van der Waals surface area contributed by atoms with Crippen LogP contribution < -0.4 is 5.32 Å². The zero-order chi connectivity index (χ0) is 15.1. The van der Waals surface area contributed by atoms with Gasteiger partial charge in [0.1, 0.15) is 0 Å². The second-order valence-corrected chi connectivity index (χ2v) is 8.06. The van der Waals surface area contributed by atoms with Crippen molar-refractivity contribution in [2.45, 2.75) is 72.0 Å². The Hall–Kier alpha value is -0.380. The largest absolute Gasteiger partial charge is 0.312 e. The first-order valence-electron chi connectivity index (χ1n) is 8.71. The number of thiophene rings is 1. The lowest BCUT2D eigenvalue weighted by atomic mass is 10.1. The minimum atomic E-state index is 0.760. The fourth-order valence-corrected chi connectivity index (χ4v) is 4.29.